The van der Waals surface area contributed by atoms with E-state index in [1.54, 1.807) is 7.11 Å². The van der Waals surface area contributed by atoms with Crippen molar-refractivity contribution in [2.24, 2.45) is 4.99 Å². The first-order valence-corrected chi connectivity index (χ1v) is 9.23. The number of methoxy groups -OCH3 is 1. The van der Waals surface area contributed by atoms with Crippen LogP contribution in [0.25, 0.3) is 0 Å². The molecule has 6 heteroatoms. The van der Waals surface area contributed by atoms with Crippen LogP contribution in [0.2, 0.25) is 0 Å². The average molecular weight is 358 g/mol. The number of aryl methyl sites for hydroxylation is 3. The standard InChI is InChI=1S/C20H31N5O/c1-5-21-20(22-11-8-12-25-17(3)13-16(2)24-25)23-14-18-9-6-7-10-19(18)15-26-4/h6-7,9-10,13H,5,8,11-12,14-15H2,1-4H3,(H2,21,22,23). The maximum absolute atomic E-state index is 5.27. The monoisotopic (exact) mass is 357 g/mol. The summed E-state index contributed by atoms with van der Waals surface area (Å²) in [4.78, 5) is 4.71. The second-order valence-electron chi connectivity index (χ2n) is 6.33. The van der Waals surface area contributed by atoms with Gasteiger partial charge in [0.05, 0.1) is 18.8 Å². The van der Waals surface area contributed by atoms with E-state index in [1.165, 1.54) is 16.8 Å². The van der Waals surface area contributed by atoms with Crippen LogP contribution in [-0.2, 0) is 24.4 Å². The molecule has 6 nitrogen and oxygen atoms in total. The van der Waals surface area contributed by atoms with Gasteiger partial charge in [-0.3, -0.25) is 4.68 Å². The van der Waals surface area contributed by atoms with Crippen LogP contribution in [0, 0.1) is 13.8 Å². The smallest absolute Gasteiger partial charge is 0.191 e. The van der Waals surface area contributed by atoms with Gasteiger partial charge in [-0.05, 0) is 44.4 Å². The summed E-state index contributed by atoms with van der Waals surface area (Å²) in [5.74, 6) is 0.841. The van der Waals surface area contributed by atoms with Gasteiger partial charge >= 0.3 is 0 Å². The highest BCUT2D eigenvalue weighted by Crippen LogP contribution is 2.11. The maximum atomic E-state index is 5.27. The summed E-state index contributed by atoms with van der Waals surface area (Å²) < 4.78 is 7.33. The van der Waals surface area contributed by atoms with Gasteiger partial charge in [-0.1, -0.05) is 24.3 Å². The third-order valence-electron chi connectivity index (χ3n) is 4.11. The van der Waals surface area contributed by atoms with Crippen LogP contribution in [-0.4, -0.2) is 35.9 Å². The zero-order valence-electron chi connectivity index (χ0n) is 16.4. The number of hydrogen-bond acceptors (Lipinski definition) is 3. The SMILES string of the molecule is CCNC(=NCc1ccccc1COC)NCCCn1nc(C)cc1C. The fraction of sp³-hybridized carbons (Fsp3) is 0.500. The van der Waals surface area contributed by atoms with Crippen LogP contribution in [0.3, 0.4) is 0 Å². The first kappa shape index (κ1) is 20.0. The van der Waals surface area contributed by atoms with Crippen molar-refractivity contribution < 1.29 is 4.74 Å². The number of hydrogen-bond donors (Lipinski definition) is 2. The van der Waals surface area contributed by atoms with Crippen molar-refractivity contribution in [1.29, 1.82) is 0 Å². The van der Waals surface area contributed by atoms with Crippen molar-refractivity contribution in [2.75, 3.05) is 20.2 Å². The molecule has 1 aromatic carbocycles. The summed E-state index contributed by atoms with van der Waals surface area (Å²) in [6.45, 7) is 10.0. The quantitative estimate of drug-likeness (QED) is 0.411. The Bertz CT molecular complexity index is 708. The molecule has 0 aliphatic heterocycles. The van der Waals surface area contributed by atoms with E-state index in [-0.39, 0.29) is 0 Å². The molecular formula is C20H31N5O. The Balaban J connectivity index is 1.87. The number of aliphatic imine (C=N–C) groups is 1. The Morgan fingerprint density at radius 1 is 1.19 bits per heavy atom. The molecule has 2 aromatic rings. The van der Waals surface area contributed by atoms with E-state index in [1.807, 2.05) is 19.1 Å². The molecule has 0 spiro atoms. The zero-order valence-corrected chi connectivity index (χ0v) is 16.4. The Morgan fingerprint density at radius 3 is 2.62 bits per heavy atom. The molecule has 0 bridgehead atoms. The molecule has 0 aliphatic rings. The predicted octanol–water partition coefficient (Wildman–Crippen LogP) is 2.79. The van der Waals surface area contributed by atoms with Crippen molar-refractivity contribution in [1.82, 2.24) is 20.4 Å². The highest BCUT2D eigenvalue weighted by molar-refractivity contribution is 5.79. The number of nitrogens with zero attached hydrogens (tertiary/aromatic N) is 3. The first-order chi connectivity index (χ1) is 12.6. The number of benzene rings is 1. The third-order valence-corrected chi connectivity index (χ3v) is 4.11. The normalized spacial score (nSPS) is 11.6. The molecule has 0 aliphatic carbocycles. The van der Waals surface area contributed by atoms with E-state index in [4.69, 9.17) is 9.73 Å². The molecular weight excluding hydrogens is 326 g/mol. The molecule has 142 valence electrons. The van der Waals surface area contributed by atoms with Crippen LogP contribution in [0.5, 0.6) is 0 Å². The highest BCUT2D eigenvalue weighted by atomic mass is 16.5. The molecule has 26 heavy (non-hydrogen) atoms. The summed E-state index contributed by atoms with van der Waals surface area (Å²) in [5, 5.41) is 11.2. The molecule has 0 atom stereocenters. The van der Waals surface area contributed by atoms with Gasteiger partial charge in [0.15, 0.2) is 5.96 Å². The minimum atomic E-state index is 0.609. The third kappa shape index (κ3) is 6.19. The second-order valence-corrected chi connectivity index (χ2v) is 6.33. The number of ether oxygens (including phenoxy) is 1. The van der Waals surface area contributed by atoms with E-state index in [2.05, 4.69) is 52.5 Å². The van der Waals surface area contributed by atoms with Crippen LogP contribution >= 0.6 is 0 Å². The van der Waals surface area contributed by atoms with Crippen molar-refractivity contribution in [3.63, 3.8) is 0 Å². The Kier molecular flexibility index (Phi) is 8.15. The molecule has 2 rings (SSSR count). The van der Waals surface area contributed by atoms with Gasteiger partial charge in [0, 0.05) is 32.4 Å². The van der Waals surface area contributed by atoms with Crippen molar-refractivity contribution >= 4 is 5.96 Å². The number of rotatable bonds is 9. The molecule has 0 fully saturated rings. The van der Waals surface area contributed by atoms with Gasteiger partial charge in [0.2, 0.25) is 0 Å². The molecule has 0 radical (unpaired) electrons. The maximum Gasteiger partial charge on any atom is 0.191 e. The van der Waals surface area contributed by atoms with Gasteiger partial charge in [0.1, 0.15) is 0 Å². The largest absolute Gasteiger partial charge is 0.380 e. The minimum absolute atomic E-state index is 0.609. The molecule has 0 unspecified atom stereocenters. The summed E-state index contributed by atoms with van der Waals surface area (Å²) in [7, 11) is 1.72. The van der Waals surface area contributed by atoms with Gasteiger partial charge in [-0.2, -0.15) is 5.10 Å². The van der Waals surface area contributed by atoms with Crippen LogP contribution < -0.4 is 10.6 Å². The fourth-order valence-corrected chi connectivity index (χ4v) is 2.85. The lowest BCUT2D eigenvalue weighted by atomic mass is 10.1. The van der Waals surface area contributed by atoms with E-state index >= 15 is 0 Å². The number of guanidine groups is 1. The first-order valence-electron chi connectivity index (χ1n) is 9.23. The van der Waals surface area contributed by atoms with E-state index in [0.717, 1.165) is 37.7 Å². The summed E-state index contributed by atoms with van der Waals surface area (Å²) in [5.41, 5.74) is 4.64. The summed E-state index contributed by atoms with van der Waals surface area (Å²) in [6, 6.07) is 10.4. The molecule has 0 saturated heterocycles. The molecule has 0 amide bonds. The lowest BCUT2D eigenvalue weighted by molar-refractivity contribution is 0.184. The highest BCUT2D eigenvalue weighted by Gasteiger charge is 2.03. The minimum Gasteiger partial charge on any atom is -0.380 e. The van der Waals surface area contributed by atoms with E-state index in [9.17, 15) is 0 Å². The van der Waals surface area contributed by atoms with Crippen LogP contribution in [0.1, 0.15) is 35.9 Å². The van der Waals surface area contributed by atoms with Crippen molar-refractivity contribution in [3.8, 4) is 0 Å². The lowest BCUT2D eigenvalue weighted by Gasteiger charge is -2.12. The summed E-state index contributed by atoms with van der Waals surface area (Å²) in [6.07, 6.45) is 0.993. The van der Waals surface area contributed by atoms with Crippen LogP contribution in [0.15, 0.2) is 35.3 Å². The zero-order chi connectivity index (χ0) is 18.8. The average Bonchev–Trinajstić information content (AvgIpc) is 2.95. The predicted molar refractivity (Wildman–Crippen MR) is 106 cm³/mol. The van der Waals surface area contributed by atoms with Crippen molar-refractivity contribution in [3.05, 3.63) is 52.8 Å². The lowest BCUT2D eigenvalue weighted by Crippen LogP contribution is -2.38. The van der Waals surface area contributed by atoms with Gasteiger partial charge < -0.3 is 15.4 Å². The topological polar surface area (TPSA) is 63.5 Å². The van der Waals surface area contributed by atoms with Crippen molar-refractivity contribution in [2.45, 2.75) is 46.9 Å². The van der Waals surface area contributed by atoms with Gasteiger partial charge in [0.25, 0.3) is 0 Å². The molecule has 2 N–H and O–H groups in total. The number of aromatic nitrogens is 2. The van der Waals surface area contributed by atoms with Gasteiger partial charge in [-0.25, -0.2) is 4.99 Å². The second kappa shape index (κ2) is 10.6. The van der Waals surface area contributed by atoms with E-state index in [0.29, 0.717) is 13.2 Å². The van der Waals surface area contributed by atoms with Gasteiger partial charge in [-0.15, -0.1) is 0 Å². The molecule has 1 aromatic heterocycles. The Morgan fingerprint density at radius 2 is 1.96 bits per heavy atom. The fourth-order valence-electron chi connectivity index (χ4n) is 2.85. The Labute approximate surface area is 156 Å². The summed E-state index contributed by atoms with van der Waals surface area (Å²) >= 11 is 0. The molecule has 1 heterocycles. The van der Waals surface area contributed by atoms with E-state index < -0.39 is 0 Å². The van der Waals surface area contributed by atoms with Crippen LogP contribution in [0.4, 0.5) is 0 Å². The molecule has 0 saturated carbocycles. The Hall–Kier alpha value is -2.34. The number of nitrogens with one attached hydrogen (secondary N) is 2.